The fourth-order valence-corrected chi connectivity index (χ4v) is 2.83. The molecule has 0 fully saturated rings. The molecule has 3 aromatic carbocycles. The summed E-state index contributed by atoms with van der Waals surface area (Å²) < 4.78 is 0. The van der Waals surface area contributed by atoms with Gasteiger partial charge in [-0.2, -0.15) is 5.26 Å². The zero-order chi connectivity index (χ0) is 19.2. The highest BCUT2D eigenvalue weighted by molar-refractivity contribution is 6.09. The molecular weight excluding hydrogens is 336 g/mol. The molecule has 1 N–H and O–H groups in total. The number of hydrogen-bond donors (Lipinski definition) is 1. The van der Waals surface area contributed by atoms with Gasteiger partial charge >= 0.3 is 0 Å². The van der Waals surface area contributed by atoms with Crippen molar-refractivity contribution in [3.63, 3.8) is 0 Å². The van der Waals surface area contributed by atoms with Crippen molar-refractivity contribution >= 4 is 17.4 Å². The SMILES string of the molecule is Cc1cccc(CC(=O)c2ccccc2NC(=O)c2ccc(C#N)cc2)c1. The lowest BCUT2D eigenvalue weighted by Gasteiger charge is -2.11. The van der Waals surface area contributed by atoms with E-state index in [0.29, 0.717) is 22.4 Å². The normalized spacial score (nSPS) is 10.1. The van der Waals surface area contributed by atoms with E-state index >= 15 is 0 Å². The molecule has 0 heterocycles. The molecule has 0 atom stereocenters. The van der Waals surface area contributed by atoms with Crippen molar-refractivity contribution in [1.82, 2.24) is 0 Å². The molecule has 0 aliphatic carbocycles. The maximum atomic E-state index is 12.8. The first-order valence-electron chi connectivity index (χ1n) is 8.56. The Hall–Kier alpha value is -3.71. The lowest BCUT2D eigenvalue weighted by molar-refractivity contribution is 0.0994. The number of carbonyl (C=O) groups excluding carboxylic acids is 2. The van der Waals surface area contributed by atoms with Gasteiger partial charge in [0, 0.05) is 17.5 Å². The van der Waals surface area contributed by atoms with Crippen molar-refractivity contribution in [2.75, 3.05) is 5.32 Å². The quantitative estimate of drug-likeness (QED) is 0.684. The minimum atomic E-state index is -0.324. The van der Waals surface area contributed by atoms with E-state index < -0.39 is 0 Å². The van der Waals surface area contributed by atoms with Crippen molar-refractivity contribution in [3.05, 3.63) is 101 Å². The van der Waals surface area contributed by atoms with Gasteiger partial charge in [-0.05, 0) is 48.9 Å². The van der Waals surface area contributed by atoms with Gasteiger partial charge in [-0.15, -0.1) is 0 Å². The average Bonchev–Trinajstić information content (AvgIpc) is 2.68. The second kappa shape index (κ2) is 8.11. The Labute approximate surface area is 158 Å². The highest BCUT2D eigenvalue weighted by Gasteiger charge is 2.14. The van der Waals surface area contributed by atoms with Gasteiger partial charge < -0.3 is 5.32 Å². The van der Waals surface area contributed by atoms with Crippen molar-refractivity contribution < 1.29 is 9.59 Å². The van der Waals surface area contributed by atoms with Crippen LogP contribution in [-0.2, 0) is 6.42 Å². The molecule has 3 aromatic rings. The molecule has 0 radical (unpaired) electrons. The molecule has 0 aliphatic rings. The van der Waals surface area contributed by atoms with Gasteiger partial charge in [0.15, 0.2) is 5.78 Å². The third-order valence-electron chi connectivity index (χ3n) is 4.20. The number of nitrogens with one attached hydrogen (secondary N) is 1. The molecule has 3 rings (SSSR count). The summed E-state index contributed by atoms with van der Waals surface area (Å²) in [6, 6.07) is 23.2. The van der Waals surface area contributed by atoms with Gasteiger partial charge in [-0.25, -0.2) is 0 Å². The molecule has 27 heavy (non-hydrogen) atoms. The Kier molecular flexibility index (Phi) is 5.44. The number of amides is 1. The predicted molar refractivity (Wildman–Crippen MR) is 105 cm³/mol. The largest absolute Gasteiger partial charge is 0.321 e. The lowest BCUT2D eigenvalue weighted by atomic mass is 10.00. The number of benzene rings is 3. The number of rotatable bonds is 5. The zero-order valence-electron chi connectivity index (χ0n) is 14.9. The molecule has 1 amide bonds. The van der Waals surface area contributed by atoms with Gasteiger partial charge in [-0.1, -0.05) is 42.0 Å². The van der Waals surface area contributed by atoms with E-state index in [-0.39, 0.29) is 18.1 Å². The molecule has 0 bridgehead atoms. The smallest absolute Gasteiger partial charge is 0.255 e. The van der Waals surface area contributed by atoms with Crippen molar-refractivity contribution in [2.45, 2.75) is 13.3 Å². The average molecular weight is 354 g/mol. The summed E-state index contributed by atoms with van der Waals surface area (Å²) in [6.07, 6.45) is 0.269. The van der Waals surface area contributed by atoms with E-state index in [2.05, 4.69) is 5.32 Å². The fraction of sp³-hybridized carbons (Fsp3) is 0.0870. The van der Waals surface area contributed by atoms with Gasteiger partial charge in [0.05, 0.1) is 17.3 Å². The van der Waals surface area contributed by atoms with Crippen LogP contribution in [0.25, 0.3) is 0 Å². The Morgan fingerprint density at radius 1 is 0.963 bits per heavy atom. The highest BCUT2D eigenvalue weighted by Crippen LogP contribution is 2.19. The van der Waals surface area contributed by atoms with E-state index in [0.717, 1.165) is 11.1 Å². The van der Waals surface area contributed by atoms with Crippen LogP contribution in [0.1, 0.15) is 37.4 Å². The van der Waals surface area contributed by atoms with Gasteiger partial charge in [-0.3, -0.25) is 9.59 Å². The van der Waals surface area contributed by atoms with Crippen molar-refractivity contribution in [1.29, 1.82) is 5.26 Å². The van der Waals surface area contributed by atoms with E-state index in [1.165, 1.54) is 0 Å². The van der Waals surface area contributed by atoms with Crippen LogP contribution in [0.4, 0.5) is 5.69 Å². The van der Waals surface area contributed by atoms with E-state index in [1.54, 1.807) is 48.5 Å². The molecule has 4 nitrogen and oxygen atoms in total. The van der Waals surface area contributed by atoms with Crippen LogP contribution in [0, 0.1) is 18.3 Å². The van der Waals surface area contributed by atoms with Crippen LogP contribution in [0.3, 0.4) is 0 Å². The maximum absolute atomic E-state index is 12.8. The minimum absolute atomic E-state index is 0.0590. The van der Waals surface area contributed by atoms with E-state index in [1.807, 2.05) is 37.3 Å². The first-order chi connectivity index (χ1) is 13.1. The summed E-state index contributed by atoms with van der Waals surface area (Å²) in [4.78, 5) is 25.2. The van der Waals surface area contributed by atoms with Crippen LogP contribution < -0.4 is 5.32 Å². The predicted octanol–water partition coefficient (Wildman–Crippen LogP) is 4.54. The Morgan fingerprint density at radius 2 is 1.70 bits per heavy atom. The zero-order valence-corrected chi connectivity index (χ0v) is 14.9. The van der Waals surface area contributed by atoms with Gasteiger partial charge in [0.25, 0.3) is 5.91 Å². The second-order valence-corrected chi connectivity index (χ2v) is 6.28. The molecule has 0 saturated heterocycles. The third kappa shape index (κ3) is 4.47. The van der Waals surface area contributed by atoms with E-state index in [4.69, 9.17) is 5.26 Å². The fourth-order valence-electron chi connectivity index (χ4n) is 2.83. The third-order valence-corrected chi connectivity index (χ3v) is 4.20. The highest BCUT2D eigenvalue weighted by atomic mass is 16.1. The number of carbonyl (C=O) groups is 2. The minimum Gasteiger partial charge on any atom is -0.321 e. The Morgan fingerprint density at radius 3 is 2.41 bits per heavy atom. The summed E-state index contributed by atoms with van der Waals surface area (Å²) in [5.74, 6) is -0.383. The molecule has 0 spiro atoms. The Balaban J connectivity index is 1.79. The first kappa shape index (κ1) is 18.1. The van der Waals surface area contributed by atoms with Crippen molar-refractivity contribution in [2.24, 2.45) is 0 Å². The van der Waals surface area contributed by atoms with Crippen LogP contribution >= 0.6 is 0 Å². The van der Waals surface area contributed by atoms with Crippen LogP contribution in [0.15, 0.2) is 72.8 Å². The number of hydrogen-bond acceptors (Lipinski definition) is 3. The monoisotopic (exact) mass is 354 g/mol. The maximum Gasteiger partial charge on any atom is 0.255 e. The summed E-state index contributed by atoms with van der Waals surface area (Å²) in [5.41, 5.74) is 3.90. The topological polar surface area (TPSA) is 70.0 Å². The number of nitrogens with zero attached hydrogens (tertiary/aromatic N) is 1. The molecule has 0 aliphatic heterocycles. The second-order valence-electron chi connectivity index (χ2n) is 6.28. The molecule has 0 aromatic heterocycles. The Bertz CT molecular complexity index is 1030. The number of ketones is 1. The summed E-state index contributed by atoms with van der Waals surface area (Å²) in [7, 11) is 0. The summed E-state index contributed by atoms with van der Waals surface area (Å²) >= 11 is 0. The van der Waals surface area contributed by atoms with Crippen molar-refractivity contribution in [3.8, 4) is 6.07 Å². The summed E-state index contributed by atoms with van der Waals surface area (Å²) in [6.45, 7) is 1.99. The molecule has 0 unspecified atom stereocenters. The standard InChI is InChI=1S/C23H18N2O2/c1-16-5-4-6-18(13-16)14-22(26)20-7-2-3-8-21(20)25-23(27)19-11-9-17(15-24)10-12-19/h2-13H,14H2,1H3,(H,25,27). The lowest BCUT2D eigenvalue weighted by Crippen LogP contribution is -2.15. The molecule has 4 heteroatoms. The summed E-state index contributed by atoms with van der Waals surface area (Å²) in [5, 5.41) is 11.6. The molecule has 132 valence electrons. The molecular formula is C23H18N2O2. The van der Waals surface area contributed by atoms with Crippen LogP contribution in [-0.4, -0.2) is 11.7 Å². The van der Waals surface area contributed by atoms with Gasteiger partial charge in [0.2, 0.25) is 0 Å². The van der Waals surface area contributed by atoms with Crippen LogP contribution in [0.5, 0.6) is 0 Å². The number of Topliss-reactive ketones (excluding diaryl/α,β-unsaturated/α-hetero) is 1. The number of aryl methyl sites for hydroxylation is 1. The van der Waals surface area contributed by atoms with Crippen LogP contribution in [0.2, 0.25) is 0 Å². The van der Waals surface area contributed by atoms with Gasteiger partial charge in [0.1, 0.15) is 0 Å². The number of para-hydroxylation sites is 1. The first-order valence-corrected chi connectivity index (χ1v) is 8.56. The number of anilines is 1. The van der Waals surface area contributed by atoms with E-state index in [9.17, 15) is 9.59 Å². The number of nitriles is 1. The molecule has 0 saturated carbocycles.